The first kappa shape index (κ1) is 22.5. The fourth-order valence-electron chi connectivity index (χ4n) is 2.78. The van der Waals surface area contributed by atoms with Gasteiger partial charge in [0.25, 0.3) is 0 Å². The molecule has 0 aliphatic carbocycles. The third-order valence-electron chi connectivity index (χ3n) is 4.45. The molecule has 0 saturated heterocycles. The molecule has 0 aliphatic rings. The minimum Gasteiger partial charge on any atom is -0.454 e. The highest BCUT2D eigenvalue weighted by atomic mass is 35.5. The Morgan fingerprint density at radius 2 is 1.86 bits per heavy atom. The maximum Gasteiger partial charge on any atom is 0.308 e. The molecular weight excluding hydrogens is 390 g/mol. The van der Waals surface area contributed by atoms with Crippen LogP contribution < -0.4 is 0 Å². The van der Waals surface area contributed by atoms with Crippen LogP contribution in [-0.2, 0) is 26.7 Å². The number of hydrogen-bond donors (Lipinski definition) is 0. The molecule has 0 spiro atoms. The molecule has 1 aromatic heterocycles. The summed E-state index contributed by atoms with van der Waals surface area (Å²) in [5.74, 6) is -0.183. The predicted molar refractivity (Wildman–Crippen MR) is 113 cm³/mol. The van der Waals surface area contributed by atoms with Crippen molar-refractivity contribution in [1.29, 1.82) is 5.26 Å². The minimum absolute atomic E-state index is 0.00874. The number of rotatable bonds is 6. The van der Waals surface area contributed by atoms with Crippen molar-refractivity contribution in [1.82, 2.24) is 9.78 Å². The standard InChI is InChI=1S/C22H26ClN3O3/c1-7-18(27)28-13-29-21(20-19(23)14(2)25-26(20)6)17(12-24)15-8-10-16(11-9-15)22(3,4)5/h8-11H,7,13H2,1-6H3/b21-17-. The summed E-state index contributed by atoms with van der Waals surface area (Å²) in [5.41, 5.74) is 3.15. The lowest BCUT2D eigenvalue weighted by atomic mass is 9.86. The fourth-order valence-corrected chi connectivity index (χ4v) is 3.02. The van der Waals surface area contributed by atoms with Crippen LogP contribution >= 0.6 is 11.6 Å². The number of nitrogens with zero attached hydrogens (tertiary/aromatic N) is 3. The number of esters is 1. The molecule has 0 atom stereocenters. The van der Waals surface area contributed by atoms with Crippen molar-refractivity contribution < 1.29 is 14.3 Å². The number of hydrogen-bond acceptors (Lipinski definition) is 5. The van der Waals surface area contributed by atoms with E-state index in [1.165, 1.54) is 0 Å². The van der Waals surface area contributed by atoms with Crippen molar-refractivity contribution >= 4 is 28.9 Å². The molecule has 2 aromatic rings. The predicted octanol–water partition coefficient (Wildman–Crippen LogP) is 5.00. The van der Waals surface area contributed by atoms with Gasteiger partial charge in [0, 0.05) is 13.5 Å². The molecule has 0 radical (unpaired) electrons. The van der Waals surface area contributed by atoms with E-state index in [0.717, 1.165) is 5.56 Å². The zero-order valence-corrected chi connectivity index (χ0v) is 18.4. The molecule has 29 heavy (non-hydrogen) atoms. The van der Waals surface area contributed by atoms with Crippen LogP contribution in [-0.4, -0.2) is 22.5 Å². The number of carbonyl (C=O) groups excluding carboxylic acids is 1. The van der Waals surface area contributed by atoms with E-state index in [4.69, 9.17) is 21.1 Å². The molecule has 0 fully saturated rings. The molecule has 6 nitrogen and oxygen atoms in total. The molecule has 0 amide bonds. The first-order chi connectivity index (χ1) is 13.6. The van der Waals surface area contributed by atoms with Gasteiger partial charge < -0.3 is 9.47 Å². The second-order valence-corrected chi connectivity index (χ2v) is 8.02. The summed E-state index contributed by atoms with van der Waals surface area (Å²) in [6.45, 7) is 9.50. The highest BCUT2D eigenvalue weighted by molar-refractivity contribution is 6.33. The van der Waals surface area contributed by atoms with Gasteiger partial charge in [-0.3, -0.25) is 9.48 Å². The van der Waals surface area contributed by atoms with Gasteiger partial charge in [0.1, 0.15) is 17.3 Å². The Labute approximate surface area is 176 Å². The number of aromatic nitrogens is 2. The van der Waals surface area contributed by atoms with Crippen molar-refractivity contribution in [2.45, 2.75) is 46.5 Å². The summed E-state index contributed by atoms with van der Waals surface area (Å²) in [5, 5.41) is 14.6. The van der Waals surface area contributed by atoms with Crippen LogP contribution in [0.5, 0.6) is 0 Å². The van der Waals surface area contributed by atoms with E-state index in [2.05, 4.69) is 31.9 Å². The highest BCUT2D eigenvalue weighted by Crippen LogP contribution is 2.34. The van der Waals surface area contributed by atoms with Crippen molar-refractivity contribution in [3.8, 4) is 6.07 Å². The Hall–Kier alpha value is -2.78. The first-order valence-corrected chi connectivity index (χ1v) is 9.71. The van der Waals surface area contributed by atoms with Gasteiger partial charge in [-0.25, -0.2) is 0 Å². The Morgan fingerprint density at radius 3 is 2.31 bits per heavy atom. The van der Waals surface area contributed by atoms with Crippen molar-refractivity contribution in [3.05, 3.63) is 51.8 Å². The monoisotopic (exact) mass is 415 g/mol. The van der Waals surface area contributed by atoms with Gasteiger partial charge >= 0.3 is 5.97 Å². The average molecular weight is 416 g/mol. The second kappa shape index (κ2) is 9.15. The number of benzene rings is 1. The number of nitriles is 1. The molecule has 0 saturated carbocycles. The maximum atomic E-state index is 11.5. The summed E-state index contributed by atoms with van der Waals surface area (Å²) >= 11 is 6.44. The molecule has 1 aromatic carbocycles. The van der Waals surface area contributed by atoms with Crippen molar-refractivity contribution in [2.75, 3.05) is 6.79 Å². The van der Waals surface area contributed by atoms with E-state index in [9.17, 15) is 10.1 Å². The van der Waals surface area contributed by atoms with Crippen LogP contribution in [0.4, 0.5) is 0 Å². The Bertz CT molecular complexity index is 961. The average Bonchev–Trinajstić information content (AvgIpc) is 2.92. The molecule has 7 heteroatoms. The van der Waals surface area contributed by atoms with Crippen molar-refractivity contribution in [2.24, 2.45) is 7.05 Å². The number of halogens is 1. The quantitative estimate of drug-likeness (QED) is 0.287. The summed E-state index contributed by atoms with van der Waals surface area (Å²) in [6, 6.07) is 9.92. The maximum absolute atomic E-state index is 11.5. The van der Waals surface area contributed by atoms with E-state index >= 15 is 0 Å². The van der Waals surface area contributed by atoms with E-state index in [-0.39, 0.29) is 30.0 Å². The molecule has 2 rings (SSSR count). The van der Waals surface area contributed by atoms with Crippen LogP contribution in [0.25, 0.3) is 11.3 Å². The Kier molecular flexibility index (Phi) is 7.10. The third-order valence-corrected chi connectivity index (χ3v) is 4.91. The van der Waals surface area contributed by atoms with Crippen molar-refractivity contribution in [3.63, 3.8) is 0 Å². The zero-order valence-electron chi connectivity index (χ0n) is 17.7. The molecular formula is C22H26ClN3O3. The van der Waals surface area contributed by atoms with Gasteiger partial charge in [-0.1, -0.05) is 63.6 Å². The van der Waals surface area contributed by atoms with Crippen LogP contribution in [0.3, 0.4) is 0 Å². The summed E-state index contributed by atoms with van der Waals surface area (Å²) in [6.07, 6.45) is 0.230. The molecule has 1 heterocycles. The molecule has 0 N–H and O–H groups in total. The molecule has 0 aliphatic heterocycles. The highest BCUT2D eigenvalue weighted by Gasteiger charge is 2.23. The van der Waals surface area contributed by atoms with Crippen LogP contribution in [0.15, 0.2) is 24.3 Å². The number of carbonyl (C=O) groups is 1. The SMILES string of the molecule is CCC(=O)OCO/C(=C(/C#N)c1ccc(C(C)(C)C)cc1)c1c(Cl)c(C)nn1C. The lowest BCUT2D eigenvalue weighted by Crippen LogP contribution is -2.11. The summed E-state index contributed by atoms with van der Waals surface area (Å²) in [4.78, 5) is 11.5. The minimum atomic E-state index is -0.398. The third kappa shape index (κ3) is 5.18. The summed E-state index contributed by atoms with van der Waals surface area (Å²) < 4.78 is 12.3. The van der Waals surface area contributed by atoms with Gasteiger partial charge in [-0.05, 0) is 23.5 Å². The van der Waals surface area contributed by atoms with Crippen LogP contribution in [0.1, 0.15) is 56.6 Å². The first-order valence-electron chi connectivity index (χ1n) is 9.33. The Balaban J connectivity index is 2.57. The Morgan fingerprint density at radius 1 is 1.24 bits per heavy atom. The largest absolute Gasteiger partial charge is 0.454 e. The van der Waals surface area contributed by atoms with E-state index in [1.807, 2.05) is 24.3 Å². The lowest BCUT2D eigenvalue weighted by molar-refractivity contribution is -0.151. The van der Waals surface area contributed by atoms with Crippen LogP contribution in [0, 0.1) is 18.3 Å². The fraction of sp³-hybridized carbons (Fsp3) is 0.409. The zero-order chi connectivity index (χ0) is 21.8. The normalized spacial score (nSPS) is 12.2. The molecule has 0 bridgehead atoms. The smallest absolute Gasteiger partial charge is 0.308 e. The van der Waals surface area contributed by atoms with Gasteiger partial charge in [-0.2, -0.15) is 10.4 Å². The number of ether oxygens (including phenoxy) is 2. The van der Waals surface area contributed by atoms with Crippen LogP contribution in [0.2, 0.25) is 5.02 Å². The molecule has 154 valence electrons. The van der Waals surface area contributed by atoms with E-state index in [1.54, 1.807) is 25.6 Å². The number of allylic oxidation sites excluding steroid dienone is 1. The molecule has 0 unspecified atom stereocenters. The van der Waals surface area contributed by atoms with Gasteiger partial charge in [0.15, 0.2) is 5.76 Å². The topological polar surface area (TPSA) is 77.1 Å². The van der Waals surface area contributed by atoms with E-state index < -0.39 is 5.97 Å². The van der Waals surface area contributed by atoms with E-state index in [0.29, 0.717) is 22.0 Å². The van der Waals surface area contributed by atoms with Gasteiger partial charge in [0.05, 0.1) is 10.7 Å². The number of aryl methyl sites for hydroxylation is 2. The lowest BCUT2D eigenvalue weighted by Gasteiger charge is -2.19. The summed E-state index contributed by atoms with van der Waals surface area (Å²) in [7, 11) is 1.72. The van der Waals surface area contributed by atoms with Gasteiger partial charge in [-0.15, -0.1) is 0 Å². The van der Waals surface area contributed by atoms with Gasteiger partial charge in [0.2, 0.25) is 6.79 Å². The second-order valence-electron chi connectivity index (χ2n) is 7.65.